The predicted molar refractivity (Wildman–Crippen MR) is 63.2 cm³/mol. The zero-order chi connectivity index (χ0) is 10.1. The highest BCUT2D eigenvalue weighted by Crippen LogP contribution is 2.28. The lowest BCUT2D eigenvalue weighted by Gasteiger charge is -2.25. The van der Waals surface area contributed by atoms with E-state index in [9.17, 15) is 0 Å². The molecule has 0 radical (unpaired) electrons. The van der Waals surface area contributed by atoms with Crippen molar-refractivity contribution >= 4 is 11.8 Å². The largest absolute Gasteiger partial charge is 0.311 e. The van der Waals surface area contributed by atoms with Gasteiger partial charge in [-0.2, -0.15) is 16.9 Å². The minimum atomic E-state index is 0.646. The molecule has 1 N–H and O–H groups in total. The highest BCUT2D eigenvalue weighted by Gasteiger charge is 2.22. The maximum atomic E-state index is 4.58. The minimum absolute atomic E-state index is 0.646. The van der Waals surface area contributed by atoms with E-state index in [1.807, 2.05) is 0 Å². The first-order valence-corrected chi connectivity index (χ1v) is 6.94. The second-order valence-electron chi connectivity index (χ2n) is 4.36. The zero-order valence-corrected chi connectivity index (χ0v) is 9.72. The lowest BCUT2D eigenvalue weighted by atomic mass is 10.1. The molecule has 0 bridgehead atoms. The summed E-state index contributed by atoms with van der Waals surface area (Å²) < 4.78 is 2.29. The van der Waals surface area contributed by atoms with Crippen molar-refractivity contribution in [3.05, 3.63) is 17.5 Å². The Bertz CT molecular complexity index is 342. The van der Waals surface area contributed by atoms with Crippen LogP contribution in [0.25, 0.3) is 0 Å². The number of fused-ring (bicyclic) bond motifs is 1. The molecule has 3 heterocycles. The van der Waals surface area contributed by atoms with E-state index < -0.39 is 0 Å². The number of thioether (sulfide) groups is 1. The predicted octanol–water partition coefficient (Wildman–Crippen LogP) is 1.60. The average molecular weight is 223 g/mol. The molecule has 3 nitrogen and oxygen atoms in total. The van der Waals surface area contributed by atoms with Crippen LogP contribution in [0.1, 0.15) is 30.1 Å². The Kier molecular flexibility index (Phi) is 2.71. The summed E-state index contributed by atoms with van der Waals surface area (Å²) >= 11 is 2.07. The number of hydrogen-bond donors (Lipinski definition) is 1. The fourth-order valence-electron chi connectivity index (χ4n) is 2.49. The standard InChI is InChI=1S/C11H17N3S/c1-2-10(8-15-5-1)14-11-7-12-4-3-9(11)6-13-14/h6,10,12H,1-5,7-8H2. The van der Waals surface area contributed by atoms with Gasteiger partial charge in [0.1, 0.15) is 0 Å². The summed E-state index contributed by atoms with van der Waals surface area (Å²) in [5.41, 5.74) is 2.90. The molecule has 15 heavy (non-hydrogen) atoms. The molecule has 2 aliphatic rings. The van der Waals surface area contributed by atoms with E-state index in [2.05, 4.69) is 33.1 Å². The van der Waals surface area contributed by atoms with Crippen LogP contribution in [-0.2, 0) is 13.0 Å². The van der Waals surface area contributed by atoms with E-state index in [4.69, 9.17) is 0 Å². The van der Waals surface area contributed by atoms with Crippen LogP contribution < -0.4 is 5.32 Å². The van der Waals surface area contributed by atoms with Gasteiger partial charge in [0.15, 0.2) is 0 Å². The summed E-state index contributed by atoms with van der Waals surface area (Å²) in [6, 6.07) is 0.646. The molecule has 2 aliphatic heterocycles. The fraction of sp³-hybridized carbons (Fsp3) is 0.727. The van der Waals surface area contributed by atoms with E-state index in [1.54, 1.807) is 0 Å². The van der Waals surface area contributed by atoms with E-state index in [0.29, 0.717) is 6.04 Å². The highest BCUT2D eigenvalue weighted by molar-refractivity contribution is 7.99. The Balaban J connectivity index is 1.87. The second-order valence-corrected chi connectivity index (χ2v) is 5.51. The fourth-order valence-corrected chi connectivity index (χ4v) is 3.61. The van der Waals surface area contributed by atoms with Crippen LogP contribution in [0, 0.1) is 0 Å². The molecule has 0 amide bonds. The smallest absolute Gasteiger partial charge is 0.0613 e. The van der Waals surface area contributed by atoms with Crippen LogP contribution in [0.15, 0.2) is 6.20 Å². The molecule has 1 aromatic heterocycles. The van der Waals surface area contributed by atoms with Gasteiger partial charge in [-0.15, -0.1) is 0 Å². The summed E-state index contributed by atoms with van der Waals surface area (Å²) in [5.74, 6) is 2.58. The highest BCUT2D eigenvalue weighted by atomic mass is 32.2. The molecule has 1 saturated heterocycles. The van der Waals surface area contributed by atoms with E-state index in [1.165, 1.54) is 35.6 Å². The average Bonchev–Trinajstić information content (AvgIpc) is 2.74. The number of rotatable bonds is 1. The van der Waals surface area contributed by atoms with Gasteiger partial charge in [0.25, 0.3) is 0 Å². The van der Waals surface area contributed by atoms with Gasteiger partial charge in [-0.1, -0.05) is 0 Å². The van der Waals surface area contributed by atoms with Crippen LogP contribution in [0.3, 0.4) is 0 Å². The third-order valence-corrected chi connectivity index (χ3v) is 4.53. The minimum Gasteiger partial charge on any atom is -0.311 e. The molecule has 1 atom stereocenters. The maximum absolute atomic E-state index is 4.58. The summed E-state index contributed by atoms with van der Waals surface area (Å²) in [6.07, 6.45) is 5.88. The normalized spacial score (nSPS) is 26.3. The molecule has 0 aromatic carbocycles. The molecule has 0 spiro atoms. The topological polar surface area (TPSA) is 29.9 Å². The summed E-state index contributed by atoms with van der Waals surface area (Å²) in [4.78, 5) is 0. The van der Waals surface area contributed by atoms with Crippen LogP contribution in [0.2, 0.25) is 0 Å². The van der Waals surface area contributed by atoms with Crippen molar-refractivity contribution < 1.29 is 0 Å². The van der Waals surface area contributed by atoms with E-state index >= 15 is 0 Å². The van der Waals surface area contributed by atoms with Gasteiger partial charge < -0.3 is 5.32 Å². The third kappa shape index (κ3) is 1.81. The summed E-state index contributed by atoms with van der Waals surface area (Å²) in [5, 5.41) is 8.02. The van der Waals surface area contributed by atoms with Gasteiger partial charge in [0.05, 0.1) is 17.9 Å². The SMILES string of the molecule is c1nn(C2CCCSC2)c2c1CCNC2. The molecular weight excluding hydrogens is 206 g/mol. The van der Waals surface area contributed by atoms with Gasteiger partial charge in [-0.3, -0.25) is 4.68 Å². The van der Waals surface area contributed by atoms with Crippen molar-refractivity contribution in [1.29, 1.82) is 0 Å². The lowest BCUT2D eigenvalue weighted by molar-refractivity contribution is 0.428. The van der Waals surface area contributed by atoms with E-state index in [-0.39, 0.29) is 0 Å². The first kappa shape index (κ1) is 9.73. The second kappa shape index (κ2) is 4.18. The first-order chi connectivity index (χ1) is 7.45. The number of nitrogens with one attached hydrogen (secondary N) is 1. The number of nitrogens with zero attached hydrogens (tertiary/aromatic N) is 2. The molecule has 0 aliphatic carbocycles. The Morgan fingerprint density at radius 1 is 1.53 bits per heavy atom. The molecule has 1 aromatic rings. The van der Waals surface area contributed by atoms with Gasteiger partial charge in [0, 0.05) is 12.3 Å². The van der Waals surface area contributed by atoms with Crippen LogP contribution >= 0.6 is 11.8 Å². The van der Waals surface area contributed by atoms with Gasteiger partial charge in [0.2, 0.25) is 0 Å². The first-order valence-electron chi connectivity index (χ1n) is 5.79. The third-order valence-electron chi connectivity index (χ3n) is 3.33. The van der Waals surface area contributed by atoms with Crippen molar-refractivity contribution in [3.8, 4) is 0 Å². The Morgan fingerprint density at radius 2 is 2.53 bits per heavy atom. The van der Waals surface area contributed by atoms with E-state index in [0.717, 1.165) is 19.5 Å². The quantitative estimate of drug-likeness (QED) is 0.784. The Hall–Kier alpha value is -0.480. The van der Waals surface area contributed by atoms with Crippen molar-refractivity contribution in [2.75, 3.05) is 18.1 Å². The number of hydrogen-bond acceptors (Lipinski definition) is 3. The molecule has 82 valence electrons. The molecule has 3 rings (SSSR count). The van der Waals surface area contributed by atoms with Crippen LogP contribution in [-0.4, -0.2) is 27.8 Å². The van der Waals surface area contributed by atoms with Crippen molar-refractivity contribution in [3.63, 3.8) is 0 Å². The molecule has 4 heteroatoms. The zero-order valence-electron chi connectivity index (χ0n) is 8.91. The maximum Gasteiger partial charge on any atom is 0.0613 e. The Labute approximate surface area is 94.6 Å². The van der Waals surface area contributed by atoms with Crippen molar-refractivity contribution in [1.82, 2.24) is 15.1 Å². The summed E-state index contributed by atoms with van der Waals surface area (Å²) in [7, 11) is 0. The van der Waals surface area contributed by atoms with Gasteiger partial charge in [-0.05, 0) is 37.1 Å². The van der Waals surface area contributed by atoms with Crippen molar-refractivity contribution in [2.24, 2.45) is 0 Å². The van der Waals surface area contributed by atoms with Gasteiger partial charge >= 0.3 is 0 Å². The van der Waals surface area contributed by atoms with Gasteiger partial charge in [-0.25, -0.2) is 0 Å². The van der Waals surface area contributed by atoms with Crippen molar-refractivity contribution in [2.45, 2.75) is 31.8 Å². The number of aromatic nitrogens is 2. The molecule has 0 saturated carbocycles. The molecular formula is C11H17N3S. The van der Waals surface area contributed by atoms with Crippen LogP contribution in [0.5, 0.6) is 0 Å². The lowest BCUT2D eigenvalue weighted by Crippen LogP contribution is -2.28. The molecule has 1 unspecified atom stereocenters. The molecule has 1 fully saturated rings. The summed E-state index contributed by atoms with van der Waals surface area (Å²) in [6.45, 7) is 2.12. The monoisotopic (exact) mass is 223 g/mol. The Morgan fingerprint density at radius 3 is 3.40 bits per heavy atom. The van der Waals surface area contributed by atoms with Crippen LogP contribution in [0.4, 0.5) is 0 Å².